The molecule has 4 heteroatoms. The first kappa shape index (κ1) is 20.1. The third kappa shape index (κ3) is 5.97. The molecule has 0 aliphatic carbocycles. The van der Waals surface area contributed by atoms with Crippen molar-refractivity contribution in [2.75, 3.05) is 31.5 Å². The Balaban J connectivity index is 1.99. The van der Waals surface area contributed by atoms with Gasteiger partial charge in [-0.25, -0.2) is 0 Å². The molecule has 0 aliphatic heterocycles. The zero-order valence-electron chi connectivity index (χ0n) is 16.0. The molecule has 1 amide bonds. The maximum Gasteiger partial charge on any atom is 0.238 e. The molecule has 0 fully saturated rings. The van der Waals surface area contributed by atoms with Crippen LogP contribution in [0.4, 0.5) is 5.69 Å². The van der Waals surface area contributed by atoms with Crippen LogP contribution in [0.1, 0.15) is 30.5 Å². The summed E-state index contributed by atoms with van der Waals surface area (Å²) >= 11 is 0. The molecule has 0 unspecified atom stereocenters. The summed E-state index contributed by atoms with van der Waals surface area (Å²) < 4.78 is 0. The van der Waals surface area contributed by atoms with Crippen molar-refractivity contribution in [3.05, 3.63) is 65.2 Å². The van der Waals surface area contributed by atoms with E-state index in [4.69, 9.17) is 5.73 Å². The van der Waals surface area contributed by atoms with Crippen LogP contribution in [-0.2, 0) is 24.1 Å². The molecule has 0 radical (unpaired) electrons. The Morgan fingerprint density at radius 1 is 0.962 bits per heavy atom. The smallest absolute Gasteiger partial charge is 0.238 e. The minimum Gasteiger partial charge on any atom is -0.329 e. The van der Waals surface area contributed by atoms with Gasteiger partial charge >= 0.3 is 0 Å². The van der Waals surface area contributed by atoms with Gasteiger partial charge in [-0.05, 0) is 36.0 Å². The maximum atomic E-state index is 12.7. The molecule has 0 spiro atoms. The van der Waals surface area contributed by atoms with Gasteiger partial charge in [0, 0.05) is 25.3 Å². The third-order valence-corrected chi connectivity index (χ3v) is 4.64. The van der Waals surface area contributed by atoms with Crippen molar-refractivity contribution in [1.29, 1.82) is 0 Å². The molecule has 140 valence electrons. The first-order valence-electron chi connectivity index (χ1n) is 9.54. The molecule has 26 heavy (non-hydrogen) atoms. The predicted octanol–water partition coefficient (Wildman–Crippen LogP) is 3.25. The molecule has 0 aromatic heterocycles. The molecule has 0 saturated heterocycles. The van der Waals surface area contributed by atoms with Crippen molar-refractivity contribution in [2.24, 2.45) is 5.73 Å². The summed E-state index contributed by atoms with van der Waals surface area (Å²) in [6.07, 6.45) is 2.73. The predicted molar refractivity (Wildman–Crippen MR) is 109 cm³/mol. The van der Waals surface area contributed by atoms with Gasteiger partial charge in [0.25, 0.3) is 0 Å². The van der Waals surface area contributed by atoms with Crippen LogP contribution in [0, 0.1) is 0 Å². The Kier molecular flexibility index (Phi) is 8.32. The lowest BCUT2D eigenvalue weighted by molar-refractivity contribution is -0.117. The highest BCUT2D eigenvalue weighted by Crippen LogP contribution is 2.22. The summed E-state index contributed by atoms with van der Waals surface area (Å²) in [5.74, 6) is 0.0297. The number of para-hydroxylation sites is 1. The van der Waals surface area contributed by atoms with Crippen molar-refractivity contribution < 1.29 is 4.79 Å². The monoisotopic (exact) mass is 353 g/mol. The number of rotatable bonds is 10. The van der Waals surface area contributed by atoms with Gasteiger partial charge in [-0.2, -0.15) is 0 Å². The summed E-state index contributed by atoms with van der Waals surface area (Å²) in [7, 11) is 0. The van der Waals surface area contributed by atoms with E-state index in [0.29, 0.717) is 13.1 Å². The van der Waals surface area contributed by atoms with E-state index in [0.717, 1.165) is 38.0 Å². The number of hydrogen-bond donors (Lipinski definition) is 2. The summed E-state index contributed by atoms with van der Waals surface area (Å²) in [6, 6.07) is 16.6. The van der Waals surface area contributed by atoms with Crippen molar-refractivity contribution in [3.63, 3.8) is 0 Å². The minimum atomic E-state index is 0.0297. The van der Waals surface area contributed by atoms with Crippen LogP contribution >= 0.6 is 0 Å². The Morgan fingerprint density at radius 2 is 1.62 bits per heavy atom. The van der Waals surface area contributed by atoms with E-state index in [2.05, 4.69) is 54.4 Å². The zero-order chi connectivity index (χ0) is 18.8. The summed E-state index contributed by atoms with van der Waals surface area (Å²) in [4.78, 5) is 14.8. The van der Waals surface area contributed by atoms with Crippen LogP contribution in [-0.4, -0.2) is 37.0 Å². The normalized spacial score (nSPS) is 10.9. The quantitative estimate of drug-likeness (QED) is 0.689. The standard InChI is InChI=1S/C22H31N3O/c1-3-19-11-8-12-20(4-2)22(19)24-21(26)17-25(16-14-23)15-13-18-9-6-5-7-10-18/h5-12H,3-4,13-17,23H2,1-2H3,(H,24,26). The largest absolute Gasteiger partial charge is 0.329 e. The first-order valence-corrected chi connectivity index (χ1v) is 9.54. The maximum absolute atomic E-state index is 12.7. The van der Waals surface area contributed by atoms with E-state index in [1.165, 1.54) is 16.7 Å². The lowest BCUT2D eigenvalue weighted by atomic mass is 10.0. The lowest BCUT2D eigenvalue weighted by Gasteiger charge is -2.22. The average molecular weight is 354 g/mol. The second kappa shape index (κ2) is 10.7. The first-order chi connectivity index (χ1) is 12.7. The van der Waals surface area contributed by atoms with Crippen molar-refractivity contribution in [3.8, 4) is 0 Å². The second-order valence-electron chi connectivity index (χ2n) is 6.51. The van der Waals surface area contributed by atoms with Crippen molar-refractivity contribution in [1.82, 2.24) is 4.90 Å². The lowest BCUT2D eigenvalue weighted by Crippen LogP contribution is -2.38. The number of benzene rings is 2. The highest BCUT2D eigenvalue weighted by molar-refractivity contribution is 5.93. The Bertz CT molecular complexity index is 663. The topological polar surface area (TPSA) is 58.4 Å². The molecule has 2 rings (SSSR count). The van der Waals surface area contributed by atoms with Gasteiger partial charge in [-0.15, -0.1) is 0 Å². The molecule has 0 aliphatic rings. The minimum absolute atomic E-state index is 0.0297. The molecular weight excluding hydrogens is 322 g/mol. The molecule has 3 N–H and O–H groups in total. The Hall–Kier alpha value is -2.17. The number of hydrogen-bond acceptors (Lipinski definition) is 3. The van der Waals surface area contributed by atoms with Crippen LogP contribution in [0.15, 0.2) is 48.5 Å². The molecule has 2 aromatic rings. The van der Waals surface area contributed by atoms with Crippen molar-refractivity contribution >= 4 is 11.6 Å². The molecule has 2 aromatic carbocycles. The molecule has 0 saturated carbocycles. The fourth-order valence-corrected chi connectivity index (χ4v) is 3.17. The van der Waals surface area contributed by atoms with Crippen LogP contribution in [0.5, 0.6) is 0 Å². The van der Waals surface area contributed by atoms with Gasteiger partial charge in [0.1, 0.15) is 0 Å². The highest BCUT2D eigenvalue weighted by atomic mass is 16.2. The SMILES string of the molecule is CCc1cccc(CC)c1NC(=O)CN(CCN)CCc1ccccc1. The molecule has 0 atom stereocenters. The van der Waals surface area contributed by atoms with Gasteiger partial charge in [-0.1, -0.05) is 62.4 Å². The van der Waals surface area contributed by atoms with Crippen LogP contribution in [0.3, 0.4) is 0 Å². The number of anilines is 1. The molecule has 0 heterocycles. The van der Waals surface area contributed by atoms with E-state index in [9.17, 15) is 4.79 Å². The number of carbonyl (C=O) groups excluding carboxylic acids is 1. The molecule has 4 nitrogen and oxygen atoms in total. The van der Waals surface area contributed by atoms with Crippen LogP contribution in [0.25, 0.3) is 0 Å². The summed E-state index contributed by atoms with van der Waals surface area (Å²) in [5.41, 5.74) is 10.4. The third-order valence-electron chi connectivity index (χ3n) is 4.64. The van der Waals surface area contributed by atoms with Gasteiger partial charge in [0.15, 0.2) is 0 Å². The number of carbonyl (C=O) groups is 1. The average Bonchev–Trinajstić information content (AvgIpc) is 2.67. The van der Waals surface area contributed by atoms with Gasteiger partial charge in [0.2, 0.25) is 5.91 Å². The summed E-state index contributed by atoms with van der Waals surface area (Å²) in [6.45, 7) is 6.69. The zero-order valence-corrected chi connectivity index (χ0v) is 16.0. The Morgan fingerprint density at radius 3 is 2.19 bits per heavy atom. The fourth-order valence-electron chi connectivity index (χ4n) is 3.17. The van der Waals surface area contributed by atoms with Crippen molar-refractivity contribution in [2.45, 2.75) is 33.1 Å². The highest BCUT2D eigenvalue weighted by Gasteiger charge is 2.14. The van der Waals surface area contributed by atoms with E-state index in [-0.39, 0.29) is 5.91 Å². The number of nitrogens with two attached hydrogens (primary N) is 1. The molecule has 0 bridgehead atoms. The van der Waals surface area contributed by atoms with E-state index >= 15 is 0 Å². The van der Waals surface area contributed by atoms with E-state index < -0.39 is 0 Å². The van der Waals surface area contributed by atoms with E-state index in [1.54, 1.807) is 0 Å². The summed E-state index contributed by atoms with van der Waals surface area (Å²) in [5, 5.41) is 3.15. The molecular formula is C22H31N3O. The second-order valence-corrected chi connectivity index (χ2v) is 6.51. The number of amides is 1. The van der Waals surface area contributed by atoms with E-state index in [1.807, 2.05) is 18.2 Å². The number of nitrogens with zero attached hydrogens (tertiary/aromatic N) is 1. The van der Waals surface area contributed by atoms with Crippen LogP contribution < -0.4 is 11.1 Å². The van der Waals surface area contributed by atoms with Gasteiger partial charge in [0.05, 0.1) is 6.54 Å². The Labute approximate surface area is 157 Å². The number of aryl methyl sites for hydroxylation is 2. The number of nitrogens with one attached hydrogen (secondary N) is 1. The van der Waals surface area contributed by atoms with Crippen LogP contribution in [0.2, 0.25) is 0 Å². The fraction of sp³-hybridized carbons (Fsp3) is 0.409. The van der Waals surface area contributed by atoms with Gasteiger partial charge in [-0.3, -0.25) is 9.69 Å². The van der Waals surface area contributed by atoms with Gasteiger partial charge < -0.3 is 11.1 Å².